The first kappa shape index (κ1) is 21.1. The average Bonchev–Trinajstić information content (AvgIpc) is 2.73. The summed E-state index contributed by atoms with van der Waals surface area (Å²) in [4.78, 5) is 15.9. The number of amides is 1. The minimum Gasteiger partial charge on any atom is -0.377 e. The lowest BCUT2D eigenvalue weighted by molar-refractivity contribution is -0.150. The Hall–Kier alpha value is -1.63. The van der Waals surface area contributed by atoms with Crippen LogP contribution in [-0.4, -0.2) is 77.1 Å². The molecule has 2 fully saturated rings. The SMILES string of the molecule is O=C(NO)C1(O)CNCCC1S(=O)(=O)N1CCC(OCc2ccncc2)CC1. The first-order valence-corrected chi connectivity index (χ1v) is 10.8. The number of hydroxylamine groups is 1. The Bertz CT molecular complexity index is 769. The predicted molar refractivity (Wildman–Crippen MR) is 98.7 cm³/mol. The van der Waals surface area contributed by atoms with Crippen LogP contribution in [0.2, 0.25) is 0 Å². The lowest BCUT2D eigenvalue weighted by Gasteiger charge is -2.41. The second kappa shape index (κ2) is 8.80. The van der Waals surface area contributed by atoms with Crippen molar-refractivity contribution < 1.29 is 28.3 Å². The van der Waals surface area contributed by atoms with Gasteiger partial charge in [0.1, 0.15) is 5.25 Å². The zero-order chi connectivity index (χ0) is 20.2. The summed E-state index contributed by atoms with van der Waals surface area (Å²) < 4.78 is 33.4. The quantitative estimate of drug-likeness (QED) is 0.343. The Morgan fingerprint density at radius 3 is 2.64 bits per heavy atom. The molecule has 2 aliphatic heterocycles. The Labute approximate surface area is 163 Å². The number of carbonyl (C=O) groups excluding carboxylic acids is 1. The molecule has 0 radical (unpaired) electrons. The normalized spacial score (nSPS) is 27.4. The van der Waals surface area contributed by atoms with Gasteiger partial charge >= 0.3 is 0 Å². The summed E-state index contributed by atoms with van der Waals surface area (Å²) >= 11 is 0. The molecule has 156 valence electrons. The smallest absolute Gasteiger partial charge is 0.278 e. The van der Waals surface area contributed by atoms with Gasteiger partial charge in [0.15, 0.2) is 5.60 Å². The number of piperidine rings is 2. The van der Waals surface area contributed by atoms with Crippen LogP contribution in [-0.2, 0) is 26.2 Å². The second-order valence-corrected chi connectivity index (χ2v) is 9.24. The summed E-state index contributed by atoms with van der Waals surface area (Å²) in [6.45, 7) is 1.06. The zero-order valence-electron chi connectivity index (χ0n) is 15.5. The van der Waals surface area contributed by atoms with Crippen molar-refractivity contribution >= 4 is 15.9 Å². The van der Waals surface area contributed by atoms with Crippen molar-refractivity contribution in [3.05, 3.63) is 30.1 Å². The molecule has 1 aromatic rings. The number of sulfonamides is 1. The van der Waals surface area contributed by atoms with E-state index in [-0.39, 0.29) is 32.2 Å². The van der Waals surface area contributed by atoms with Gasteiger partial charge in [0.05, 0.1) is 12.7 Å². The molecular formula is C17H26N4O6S. The van der Waals surface area contributed by atoms with E-state index < -0.39 is 26.8 Å². The van der Waals surface area contributed by atoms with Gasteiger partial charge in [-0.05, 0) is 43.5 Å². The van der Waals surface area contributed by atoms with Gasteiger partial charge in [-0.2, -0.15) is 0 Å². The standard InChI is InChI=1S/C17H26N4O6S/c22-16(20-24)17(23)12-19-8-3-15(17)28(25,26)21-9-4-14(5-10-21)27-11-13-1-6-18-7-2-13/h1-2,6-7,14-15,19,23-24H,3-5,8-12H2,(H,20,22). The van der Waals surface area contributed by atoms with E-state index in [0.717, 1.165) is 5.56 Å². The Morgan fingerprint density at radius 2 is 2.00 bits per heavy atom. The molecule has 1 aromatic heterocycles. The number of hydrogen-bond donors (Lipinski definition) is 4. The van der Waals surface area contributed by atoms with Gasteiger partial charge in [0.25, 0.3) is 5.91 Å². The van der Waals surface area contributed by atoms with E-state index >= 15 is 0 Å². The van der Waals surface area contributed by atoms with Crippen LogP contribution >= 0.6 is 0 Å². The second-order valence-electron chi connectivity index (χ2n) is 7.13. The van der Waals surface area contributed by atoms with Gasteiger partial charge in [-0.25, -0.2) is 18.2 Å². The number of ether oxygens (including phenoxy) is 1. The third-order valence-electron chi connectivity index (χ3n) is 5.36. The first-order chi connectivity index (χ1) is 13.4. The first-order valence-electron chi connectivity index (χ1n) is 9.25. The van der Waals surface area contributed by atoms with Crippen molar-refractivity contribution in [2.75, 3.05) is 26.2 Å². The molecule has 3 rings (SSSR count). The van der Waals surface area contributed by atoms with E-state index in [9.17, 15) is 18.3 Å². The maximum atomic E-state index is 13.1. The fraction of sp³-hybridized carbons (Fsp3) is 0.647. The van der Waals surface area contributed by atoms with E-state index in [4.69, 9.17) is 9.94 Å². The summed E-state index contributed by atoms with van der Waals surface area (Å²) in [5.41, 5.74) is 0.161. The van der Waals surface area contributed by atoms with Crippen LogP contribution < -0.4 is 10.8 Å². The Balaban J connectivity index is 1.61. The monoisotopic (exact) mass is 414 g/mol. The van der Waals surface area contributed by atoms with Crippen molar-refractivity contribution in [1.29, 1.82) is 0 Å². The van der Waals surface area contributed by atoms with E-state index in [1.54, 1.807) is 12.4 Å². The number of aliphatic hydroxyl groups is 1. The van der Waals surface area contributed by atoms with E-state index in [1.807, 2.05) is 12.1 Å². The number of hydrogen-bond acceptors (Lipinski definition) is 8. The Kier molecular flexibility index (Phi) is 6.63. The van der Waals surface area contributed by atoms with Crippen LogP contribution in [0.4, 0.5) is 0 Å². The molecule has 3 heterocycles. The molecule has 0 bridgehead atoms. The fourth-order valence-electron chi connectivity index (χ4n) is 3.71. The number of nitrogens with one attached hydrogen (secondary N) is 2. The van der Waals surface area contributed by atoms with Crippen LogP contribution in [0.25, 0.3) is 0 Å². The van der Waals surface area contributed by atoms with Gasteiger partial charge < -0.3 is 15.2 Å². The van der Waals surface area contributed by atoms with Gasteiger partial charge in [-0.1, -0.05) is 0 Å². The maximum Gasteiger partial charge on any atom is 0.278 e. The lowest BCUT2D eigenvalue weighted by Crippen LogP contribution is -2.67. The van der Waals surface area contributed by atoms with Crippen molar-refractivity contribution in [1.82, 2.24) is 20.1 Å². The predicted octanol–water partition coefficient (Wildman–Crippen LogP) is -1.01. The number of carbonyl (C=O) groups is 1. The molecule has 0 spiro atoms. The topological polar surface area (TPSA) is 141 Å². The van der Waals surface area contributed by atoms with Gasteiger partial charge in [0, 0.05) is 32.0 Å². The van der Waals surface area contributed by atoms with E-state index in [0.29, 0.717) is 26.0 Å². The number of pyridine rings is 1. The molecule has 1 amide bonds. The number of aromatic nitrogens is 1. The van der Waals surface area contributed by atoms with Crippen LogP contribution in [0, 0.1) is 0 Å². The van der Waals surface area contributed by atoms with Crippen molar-refractivity contribution in [3.63, 3.8) is 0 Å². The van der Waals surface area contributed by atoms with Gasteiger partial charge in [-0.15, -0.1) is 0 Å². The third kappa shape index (κ3) is 4.34. The maximum absolute atomic E-state index is 13.1. The minimum atomic E-state index is -3.93. The fourth-order valence-corrected chi connectivity index (χ4v) is 5.89. The van der Waals surface area contributed by atoms with Crippen molar-refractivity contribution in [2.45, 2.75) is 42.8 Å². The van der Waals surface area contributed by atoms with Crippen LogP contribution in [0.3, 0.4) is 0 Å². The highest BCUT2D eigenvalue weighted by molar-refractivity contribution is 7.89. The molecule has 11 heteroatoms. The van der Waals surface area contributed by atoms with Crippen LogP contribution in [0.15, 0.2) is 24.5 Å². The molecule has 2 aliphatic rings. The van der Waals surface area contributed by atoms with Crippen LogP contribution in [0.1, 0.15) is 24.8 Å². The highest BCUT2D eigenvalue weighted by Gasteiger charge is 2.53. The number of nitrogens with zero attached hydrogens (tertiary/aromatic N) is 2. The summed E-state index contributed by atoms with van der Waals surface area (Å²) in [5.74, 6) is -1.12. The van der Waals surface area contributed by atoms with E-state index in [2.05, 4.69) is 10.3 Å². The molecule has 10 nitrogen and oxygen atoms in total. The third-order valence-corrected chi connectivity index (χ3v) is 7.79. The number of rotatable bonds is 6. The average molecular weight is 414 g/mol. The summed E-state index contributed by atoms with van der Waals surface area (Å²) in [5, 5.41) is 21.1. The summed E-state index contributed by atoms with van der Waals surface area (Å²) in [6.07, 6.45) is 4.45. The molecule has 0 aromatic carbocycles. The Morgan fingerprint density at radius 1 is 1.32 bits per heavy atom. The lowest BCUT2D eigenvalue weighted by atomic mass is 9.93. The van der Waals surface area contributed by atoms with E-state index in [1.165, 1.54) is 9.79 Å². The van der Waals surface area contributed by atoms with Gasteiger partial charge in [0.2, 0.25) is 10.0 Å². The molecule has 2 unspecified atom stereocenters. The molecule has 0 saturated carbocycles. The molecule has 4 N–H and O–H groups in total. The largest absolute Gasteiger partial charge is 0.377 e. The van der Waals surface area contributed by atoms with Gasteiger partial charge in [-0.3, -0.25) is 15.0 Å². The summed E-state index contributed by atoms with van der Waals surface area (Å²) in [6, 6.07) is 3.73. The van der Waals surface area contributed by atoms with Crippen molar-refractivity contribution in [3.8, 4) is 0 Å². The zero-order valence-corrected chi connectivity index (χ0v) is 16.3. The molecule has 0 aliphatic carbocycles. The molecular weight excluding hydrogens is 388 g/mol. The van der Waals surface area contributed by atoms with Crippen LogP contribution in [0.5, 0.6) is 0 Å². The molecule has 28 heavy (non-hydrogen) atoms. The number of β-amino-alcohol motifs (C(OH)–C–C–N with tert-alkyl or cyclic N) is 1. The summed E-state index contributed by atoms with van der Waals surface area (Å²) in [7, 11) is -3.93. The van der Waals surface area contributed by atoms with Crippen molar-refractivity contribution in [2.24, 2.45) is 0 Å². The highest BCUT2D eigenvalue weighted by Crippen LogP contribution is 2.29. The molecule has 2 saturated heterocycles. The minimum absolute atomic E-state index is 0.0627. The molecule has 2 atom stereocenters. The highest BCUT2D eigenvalue weighted by atomic mass is 32.2.